The normalized spacial score (nSPS) is 18.3. The third kappa shape index (κ3) is 3.75. The first kappa shape index (κ1) is 18.3. The second kappa shape index (κ2) is 7.91. The Kier molecular flexibility index (Phi) is 4.98. The molecule has 0 unspecified atom stereocenters. The summed E-state index contributed by atoms with van der Waals surface area (Å²) in [5, 5.41) is 1.27. The number of rotatable bonds is 3. The molecular formula is C24H27N3O2. The quantitative estimate of drug-likeness (QED) is 0.736. The zero-order valence-corrected chi connectivity index (χ0v) is 16.6. The maximum atomic E-state index is 13.0. The van der Waals surface area contributed by atoms with Crippen LogP contribution in [0.5, 0.6) is 0 Å². The van der Waals surface area contributed by atoms with Gasteiger partial charge in [0.05, 0.1) is 13.2 Å². The predicted octanol–water partition coefficient (Wildman–Crippen LogP) is 4.02. The van der Waals surface area contributed by atoms with E-state index in [9.17, 15) is 4.79 Å². The number of piperidine rings is 1. The molecule has 0 atom stereocenters. The number of morpholine rings is 1. The number of hydrogen-bond donors (Lipinski definition) is 1. The van der Waals surface area contributed by atoms with Crippen LogP contribution in [-0.2, 0) is 4.74 Å². The number of fused-ring (bicyclic) bond motifs is 1. The van der Waals surface area contributed by atoms with E-state index in [2.05, 4.69) is 52.3 Å². The molecule has 1 amide bonds. The summed E-state index contributed by atoms with van der Waals surface area (Å²) in [6.45, 7) is 4.98. The molecule has 150 valence electrons. The molecule has 0 spiro atoms. The Morgan fingerprint density at radius 1 is 0.931 bits per heavy atom. The number of carbonyl (C=O) groups excluding carboxylic acids is 1. The lowest BCUT2D eigenvalue weighted by molar-refractivity contribution is 0.0712. The van der Waals surface area contributed by atoms with E-state index in [-0.39, 0.29) is 5.91 Å². The standard InChI is InChI=1S/C24H27N3O2/c28-24(19-5-7-21(8-6-19)26-13-15-29-16-14-26)27-11-9-18(10-12-27)23-17-20-3-1-2-4-22(20)25-23/h1-8,17-18,25H,9-16H2. The van der Waals surface area contributed by atoms with Crippen LogP contribution in [0.4, 0.5) is 5.69 Å². The van der Waals surface area contributed by atoms with Crippen molar-refractivity contribution in [3.8, 4) is 0 Å². The largest absolute Gasteiger partial charge is 0.378 e. The van der Waals surface area contributed by atoms with Crippen molar-refractivity contribution in [1.82, 2.24) is 9.88 Å². The number of para-hydroxylation sites is 1. The molecule has 5 rings (SSSR count). The first-order chi connectivity index (χ1) is 14.3. The summed E-state index contributed by atoms with van der Waals surface area (Å²) in [4.78, 5) is 20.8. The molecule has 2 saturated heterocycles. The van der Waals surface area contributed by atoms with Gasteiger partial charge in [-0.3, -0.25) is 4.79 Å². The van der Waals surface area contributed by atoms with Gasteiger partial charge >= 0.3 is 0 Å². The number of aromatic amines is 1. The Morgan fingerprint density at radius 3 is 2.38 bits per heavy atom. The molecule has 2 fully saturated rings. The lowest BCUT2D eigenvalue weighted by atomic mass is 9.93. The van der Waals surface area contributed by atoms with Crippen LogP contribution in [0.1, 0.15) is 34.8 Å². The van der Waals surface area contributed by atoms with Crippen molar-refractivity contribution in [3.05, 3.63) is 65.9 Å². The van der Waals surface area contributed by atoms with Gasteiger partial charge in [0.25, 0.3) is 5.91 Å². The van der Waals surface area contributed by atoms with Gasteiger partial charge in [-0.05, 0) is 54.6 Å². The molecule has 0 saturated carbocycles. The number of benzene rings is 2. The average molecular weight is 389 g/mol. The summed E-state index contributed by atoms with van der Waals surface area (Å²) >= 11 is 0. The van der Waals surface area contributed by atoms with Crippen LogP contribution >= 0.6 is 0 Å². The predicted molar refractivity (Wildman–Crippen MR) is 116 cm³/mol. The van der Waals surface area contributed by atoms with Crippen LogP contribution in [0.3, 0.4) is 0 Å². The minimum absolute atomic E-state index is 0.147. The number of nitrogens with zero attached hydrogens (tertiary/aromatic N) is 2. The molecule has 3 heterocycles. The fraction of sp³-hybridized carbons (Fsp3) is 0.375. The van der Waals surface area contributed by atoms with Gasteiger partial charge in [0, 0.05) is 54.6 Å². The number of likely N-dealkylation sites (tertiary alicyclic amines) is 1. The van der Waals surface area contributed by atoms with Crippen LogP contribution in [0.15, 0.2) is 54.6 Å². The zero-order chi connectivity index (χ0) is 19.6. The van der Waals surface area contributed by atoms with Crippen LogP contribution in [0, 0.1) is 0 Å². The van der Waals surface area contributed by atoms with Crippen molar-refractivity contribution < 1.29 is 9.53 Å². The Labute approximate surface area is 171 Å². The van der Waals surface area contributed by atoms with E-state index in [1.165, 1.54) is 22.3 Å². The summed E-state index contributed by atoms with van der Waals surface area (Å²) in [5.74, 6) is 0.642. The summed E-state index contributed by atoms with van der Waals surface area (Å²) in [6, 6.07) is 18.7. The van der Waals surface area contributed by atoms with Gasteiger partial charge in [0.15, 0.2) is 0 Å². The topological polar surface area (TPSA) is 48.6 Å². The van der Waals surface area contributed by atoms with E-state index in [4.69, 9.17) is 4.74 Å². The molecule has 1 N–H and O–H groups in total. The third-order valence-electron chi connectivity index (χ3n) is 6.26. The first-order valence-corrected chi connectivity index (χ1v) is 10.6. The first-order valence-electron chi connectivity index (χ1n) is 10.6. The van der Waals surface area contributed by atoms with Gasteiger partial charge < -0.3 is 19.5 Å². The molecule has 0 radical (unpaired) electrons. The molecule has 2 aliphatic heterocycles. The number of carbonyl (C=O) groups is 1. The molecule has 0 aliphatic carbocycles. The number of ether oxygens (including phenoxy) is 1. The fourth-order valence-electron chi connectivity index (χ4n) is 4.53. The van der Waals surface area contributed by atoms with E-state index in [1.54, 1.807) is 0 Å². The maximum absolute atomic E-state index is 13.0. The minimum atomic E-state index is 0.147. The molecule has 0 bridgehead atoms. The summed E-state index contributed by atoms with van der Waals surface area (Å²) in [7, 11) is 0. The van der Waals surface area contributed by atoms with E-state index in [0.717, 1.165) is 57.8 Å². The smallest absolute Gasteiger partial charge is 0.253 e. The van der Waals surface area contributed by atoms with Crippen molar-refractivity contribution in [1.29, 1.82) is 0 Å². The Morgan fingerprint density at radius 2 is 1.66 bits per heavy atom. The van der Waals surface area contributed by atoms with Gasteiger partial charge in [-0.2, -0.15) is 0 Å². The van der Waals surface area contributed by atoms with Crippen molar-refractivity contribution in [2.24, 2.45) is 0 Å². The van der Waals surface area contributed by atoms with Crippen molar-refractivity contribution in [2.75, 3.05) is 44.3 Å². The highest BCUT2D eigenvalue weighted by Crippen LogP contribution is 2.30. The van der Waals surface area contributed by atoms with Crippen molar-refractivity contribution in [2.45, 2.75) is 18.8 Å². The second-order valence-corrected chi connectivity index (χ2v) is 8.02. The lowest BCUT2D eigenvalue weighted by Gasteiger charge is -2.32. The highest BCUT2D eigenvalue weighted by Gasteiger charge is 2.25. The van der Waals surface area contributed by atoms with E-state index in [0.29, 0.717) is 5.92 Å². The van der Waals surface area contributed by atoms with E-state index < -0.39 is 0 Å². The van der Waals surface area contributed by atoms with Crippen molar-refractivity contribution in [3.63, 3.8) is 0 Å². The SMILES string of the molecule is O=C(c1ccc(N2CCOCC2)cc1)N1CCC(c2cc3ccccc3[nH]2)CC1. The zero-order valence-electron chi connectivity index (χ0n) is 16.6. The Bertz CT molecular complexity index is 948. The molecular weight excluding hydrogens is 362 g/mol. The number of amides is 1. The van der Waals surface area contributed by atoms with Crippen LogP contribution < -0.4 is 4.90 Å². The fourth-order valence-corrected chi connectivity index (χ4v) is 4.53. The monoisotopic (exact) mass is 389 g/mol. The van der Waals surface area contributed by atoms with E-state index >= 15 is 0 Å². The van der Waals surface area contributed by atoms with Gasteiger partial charge in [0.2, 0.25) is 0 Å². The third-order valence-corrected chi connectivity index (χ3v) is 6.26. The molecule has 5 nitrogen and oxygen atoms in total. The highest BCUT2D eigenvalue weighted by atomic mass is 16.5. The molecule has 5 heteroatoms. The van der Waals surface area contributed by atoms with Gasteiger partial charge in [0.1, 0.15) is 0 Å². The van der Waals surface area contributed by atoms with Gasteiger partial charge in [-0.1, -0.05) is 18.2 Å². The summed E-state index contributed by atoms with van der Waals surface area (Å²) in [5.41, 5.74) is 4.45. The van der Waals surface area contributed by atoms with Gasteiger partial charge in [-0.15, -0.1) is 0 Å². The number of anilines is 1. The van der Waals surface area contributed by atoms with Crippen LogP contribution in [0.2, 0.25) is 0 Å². The maximum Gasteiger partial charge on any atom is 0.253 e. The average Bonchev–Trinajstić information content (AvgIpc) is 3.24. The lowest BCUT2D eigenvalue weighted by Crippen LogP contribution is -2.38. The molecule has 2 aromatic carbocycles. The van der Waals surface area contributed by atoms with E-state index in [1.807, 2.05) is 17.0 Å². The summed E-state index contributed by atoms with van der Waals surface area (Å²) in [6.07, 6.45) is 2.01. The molecule has 29 heavy (non-hydrogen) atoms. The van der Waals surface area contributed by atoms with Crippen molar-refractivity contribution >= 4 is 22.5 Å². The summed E-state index contributed by atoms with van der Waals surface area (Å²) < 4.78 is 5.42. The number of hydrogen-bond acceptors (Lipinski definition) is 3. The Hall–Kier alpha value is -2.79. The van der Waals surface area contributed by atoms with Crippen LogP contribution in [0.25, 0.3) is 10.9 Å². The van der Waals surface area contributed by atoms with Crippen LogP contribution in [-0.4, -0.2) is 55.2 Å². The highest BCUT2D eigenvalue weighted by molar-refractivity contribution is 5.94. The number of H-pyrrole nitrogens is 1. The minimum Gasteiger partial charge on any atom is -0.378 e. The molecule has 1 aromatic heterocycles. The molecule has 2 aliphatic rings. The number of aromatic nitrogens is 1. The Balaban J connectivity index is 1.21. The second-order valence-electron chi connectivity index (χ2n) is 8.02. The number of nitrogens with one attached hydrogen (secondary N) is 1. The van der Waals surface area contributed by atoms with Gasteiger partial charge in [-0.25, -0.2) is 0 Å². The molecule has 3 aromatic rings.